The van der Waals surface area contributed by atoms with Crippen molar-refractivity contribution >= 4 is 15.9 Å². The average Bonchev–Trinajstić information content (AvgIpc) is 2.30. The van der Waals surface area contributed by atoms with Crippen LogP contribution in [-0.4, -0.2) is 36.4 Å². The van der Waals surface area contributed by atoms with Gasteiger partial charge in [0.15, 0.2) is 11.5 Å². The first kappa shape index (κ1) is 16.1. The number of nitrogens with zero attached hydrogens (tertiary/aromatic N) is 1. The van der Waals surface area contributed by atoms with Crippen molar-refractivity contribution in [1.29, 1.82) is 0 Å². The molecule has 0 fully saturated rings. The number of benzene rings is 1. The van der Waals surface area contributed by atoms with Crippen LogP contribution in [0, 0.1) is 0 Å². The summed E-state index contributed by atoms with van der Waals surface area (Å²) in [6.07, 6.45) is -4.23. The summed E-state index contributed by atoms with van der Waals surface area (Å²) in [5.74, 6) is 0.164. The van der Waals surface area contributed by atoms with Crippen molar-refractivity contribution in [3.8, 4) is 11.5 Å². The van der Waals surface area contributed by atoms with E-state index in [4.69, 9.17) is 4.74 Å². The Bertz CT molecular complexity index is 438. The molecule has 1 N–H and O–H groups in total. The van der Waals surface area contributed by atoms with Gasteiger partial charge in [-0.3, -0.25) is 4.90 Å². The van der Waals surface area contributed by atoms with Crippen molar-refractivity contribution < 1.29 is 23.0 Å². The van der Waals surface area contributed by atoms with E-state index in [-0.39, 0.29) is 24.6 Å². The number of ether oxygens (including phenoxy) is 1. The Balaban J connectivity index is 2.89. The van der Waals surface area contributed by atoms with E-state index >= 15 is 0 Å². The molecule has 1 aromatic rings. The summed E-state index contributed by atoms with van der Waals surface area (Å²) in [6.45, 7) is 1.11. The number of halogens is 4. The molecular weight excluding hydrogens is 327 g/mol. The molecule has 0 aliphatic rings. The van der Waals surface area contributed by atoms with Gasteiger partial charge in [-0.15, -0.1) is 0 Å². The lowest BCUT2D eigenvalue weighted by atomic mass is 10.2. The van der Waals surface area contributed by atoms with Crippen LogP contribution in [0.1, 0.15) is 12.5 Å². The molecule has 0 unspecified atom stereocenters. The van der Waals surface area contributed by atoms with Crippen LogP contribution in [0.15, 0.2) is 16.6 Å². The topological polar surface area (TPSA) is 32.7 Å². The molecule has 0 bridgehead atoms. The second-order valence-corrected chi connectivity index (χ2v) is 4.90. The molecule has 0 aromatic heterocycles. The minimum atomic E-state index is -4.23. The lowest BCUT2D eigenvalue weighted by Gasteiger charge is -2.22. The molecule has 3 nitrogen and oxygen atoms in total. The van der Waals surface area contributed by atoms with Crippen LogP contribution in [-0.2, 0) is 6.54 Å². The summed E-state index contributed by atoms with van der Waals surface area (Å²) in [5, 5.41) is 9.63. The third kappa shape index (κ3) is 4.91. The SMILES string of the molecule is CCN(Cc1cc(Br)c(O)c(OC)c1)CC(F)(F)F. The van der Waals surface area contributed by atoms with Crippen LogP contribution in [0.25, 0.3) is 0 Å². The Morgan fingerprint density at radius 1 is 1.37 bits per heavy atom. The predicted octanol–water partition coefficient (Wildman–Crippen LogP) is 3.55. The number of hydrogen-bond donors (Lipinski definition) is 1. The first-order valence-electron chi connectivity index (χ1n) is 5.61. The van der Waals surface area contributed by atoms with Crippen LogP contribution >= 0.6 is 15.9 Å². The fourth-order valence-electron chi connectivity index (χ4n) is 1.67. The quantitative estimate of drug-likeness (QED) is 0.888. The maximum absolute atomic E-state index is 12.4. The van der Waals surface area contributed by atoms with Gasteiger partial charge in [0.05, 0.1) is 18.1 Å². The molecular formula is C12H15BrF3NO2. The Morgan fingerprint density at radius 2 is 2.00 bits per heavy atom. The molecule has 0 aliphatic carbocycles. The van der Waals surface area contributed by atoms with E-state index in [9.17, 15) is 18.3 Å². The molecule has 0 spiro atoms. The zero-order chi connectivity index (χ0) is 14.6. The van der Waals surface area contributed by atoms with Gasteiger partial charge >= 0.3 is 6.18 Å². The number of phenols is 1. The Labute approximate surface area is 118 Å². The second kappa shape index (κ2) is 6.47. The van der Waals surface area contributed by atoms with Gasteiger partial charge in [-0.2, -0.15) is 13.2 Å². The monoisotopic (exact) mass is 341 g/mol. The van der Waals surface area contributed by atoms with Crippen LogP contribution in [0.5, 0.6) is 11.5 Å². The summed E-state index contributed by atoms with van der Waals surface area (Å²) in [7, 11) is 1.39. The molecule has 0 amide bonds. The molecule has 0 radical (unpaired) electrons. The van der Waals surface area contributed by atoms with E-state index in [1.165, 1.54) is 18.1 Å². The normalized spacial score (nSPS) is 11.9. The Morgan fingerprint density at radius 3 is 2.47 bits per heavy atom. The average molecular weight is 342 g/mol. The molecule has 0 aliphatic heterocycles. The second-order valence-electron chi connectivity index (χ2n) is 4.05. The van der Waals surface area contributed by atoms with E-state index in [1.807, 2.05) is 0 Å². The maximum atomic E-state index is 12.4. The molecule has 19 heavy (non-hydrogen) atoms. The highest BCUT2D eigenvalue weighted by Crippen LogP contribution is 2.35. The highest BCUT2D eigenvalue weighted by molar-refractivity contribution is 9.10. The summed E-state index contributed by atoms with van der Waals surface area (Å²) in [4.78, 5) is 1.26. The van der Waals surface area contributed by atoms with Gasteiger partial charge < -0.3 is 9.84 Å². The number of hydrogen-bond acceptors (Lipinski definition) is 3. The van der Waals surface area contributed by atoms with E-state index < -0.39 is 12.7 Å². The fourth-order valence-corrected chi connectivity index (χ4v) is 2.15. The molecule has 0 heterocycles. The third-order valence-electron chi connectivity index (χ3n) is 2.56. The van der Waals surface area contributed by atoms with Crippen molar-refractivity contribution in [2.75, 3.05) is 20.2 Å². The van der Waals surface area contributed by atoms with Crippen LogP contribution < -0.4 is 4.74 Å². The first-order valence-corrected chi connectivity index (χ1v) is 6.40. The summed E-state index contributed by atoms with van der Waals surface area (Å²) < 4.78 is 42.5. The number of aromatic hydroxyl groups is 1. The van der Waals surface area contributed by atoms with Crippen molar-refractivity contribution in [2.24, 2.45) is 0 Å². The van der Waals surface area contributed by atoms with Crippen LogP contribution in [0.2, 0.25) is 0 Å². The van der Waals surface area contributed by atoms with Gasteiger partial charge in [-0.1, -0.05) is 6.92 Å². The highest BCUT2D eigenvalue weighted by Gasteiger charge is 2.30. The fraction of sp³-hybridized carbons (Fsp3) is 0.500. The van der Waals surface area contributed by atoms with Gasteiger partial charge in [0.2, 0.25) is 0 Å². The van der Waals surface area contributed by atoms with Gasteiger partial charge in [0.1, 0.15) is 0 Å². The molecule has 0 atom stereocenters. The summed E-state index contributed by atoms with van der Waals surface area (Å²) in [5.41, 5.74) is 0.632. The number of methoxy groups -OCH3 is 1. The number of alkyl halides is 3. The third-order valence-corrected chi connectivity index (χ3v) is 3.17. The van der Waals surface area contributed by atoms with Gasteiger partial charge in [0.25, 0.3) is 0 Å². The van der Waals surface area contributed by atoms with Crippen molar-refractivity contribution in [3.63, 3.8) is 0 Å². The Hall–Kier alpha value is -0.950. The van der Waals surface area contributed by atoms with Crippen molar-refractivity contribution in [2.45, 2.75) is 19.6 Å². The van der Waals surface area contributed by atoms with E-state index in [0.29, 0.717) is 10.0 Å². The lowest BCUT2D eigenvalue weighted by molar-refractivity contribution is -0.146. The highest BCUT2D eigenvalue weighted by atomic mass is 79.9. The Kier molecular flexibility index (Phi) is 5.49. The lowest BCUT2D eigenvalue weighted by Crippen LogP contribution is -2.33. The van der Waals surface area contributed by atoms with Crippen LogP contribution in [0.3, 0.4) is 0 Å². The molecule has 1 rings (SSSR count). The largest absolute Gasteiger partial charge is 0.503 e. The maximum Gasteiger partial charge on any atom is 0.401 e. The van der Waals surface area contributed by atoms with E-state index in [2.05, 4.69) is 15.9 Å². The first-order chi connectivity index (χ1) is 8.76. The standard InChI is InChI=1S/C12H15BrF3NO2/c1-3-17(7-12(14,15)16)6-8-4-9(13)11(18)10(5-8)19-2/h4-5,18H,3,6-7H2,1-2H3. The molecule has 108 valence electrons. The van der Waals surface area contributed by atoms with Gasteiger partial charge in [0, 0.05) is 6.54 Å². The minimum Gasteiger partial charge on any atom is -0.503 e. The molecule has 0 saturated heterocycles. The molecule has 0 saturated carbocycles. The number of phenolic OH excluding ortho intramolecular Hbond substituents is 1. The zero-order valence-electron chi connectivity index (χ0n) is 10.6. The van der Waals surface area contributed by atoms with Crippen LogP contribution in [0.4, 0.5) is 13.2 Å². The zero-order valence-corrected chi connectivity index (χ0v) is 12.2. The van der Waals surface area contributed by atoms with Crippen molar-refractivity contribution in [1.82, 2.24) is 4.90 Å². The van der Waals surface area contributed by atoms with Gasteiger partial charge in [-0.25, -0.2) is 0 Å². The van der Waals surface area contributed by atoms with E-state index in [1.54, 1.807) is 13.0 Å². The summed E-state index contributed by atoms with van der Waals surface area (Å²) in [6, 6.07) is 3.11. The smallest absolute Gasteiger partial charge is 0.401 e. The summed E-state index contributed by atoms with van der Waals surface area (Å²) >= 11 is 3.14. The number of rotatable bonds is 5. The van der Waals surface area contributed by atoms with Crippen molar-refractivity contribution in [3.05, 3.63) is 22.2 Å². The van der Waals surface area contributed by atoms with Gasteiger partial charge in [-0.05, 0) is 40.2 Å². The predicted molar refractivity (Wildman–Crippen MR) is 69.4 cm³/mol. The minimum absolute atomic E-state index is 0.0647. The van der Waals surface area contributed by atoms with E-state index in [0.717, 1.165) is 0 Å². The molecule has 7 heteroatoms. The molecule has 1 aromatic carbocycles.